The highest BCUT2D eigenvalue weighted by Crippen LogP contribution is 2.60. The SMILES string of the molecule is C=C(C)c1cc(F)c2c(c1)CN(CC13CC=CCC1C3)CC2. The van der Waals surface area contributed by atoms with Crippen molar-refractivity contribution in [2.75, 3.05) is 13.1 Å². The highest BCUT2D eigenvalue weighted by molar-refractivity contribution is 5.63. The van der Waals surface area contributed by atoms with Gasteiger partial charge in [0, 0.05) is 19.6 Å². The summed E-state index contributed by atoms with van der Waals surface area (Å²) in [6.07, 6.45) is 9.42. The Labute approximate surface area is 132 Å². The Morgan fingerprint density at radius 3 is 3.05 bits per heavy atom. The van der Waals surface area contributed by atoms with Gasteiger partial charge in [-0.25, -0.2) is 4.39 Å². The van der Waals surface area contributed by atoms with E-state index in [1.54, 1.807) is 6.07 Å². The van der Waals surface area contributed by atoms with Gasteiger partial charge in [-0.2, -0.15) is 0 Å². The smallest absolute Gasteiger partial charge is 0.127 e. The van der Waals surface area contributed by atoms with E-state index in [-0.39, 0.29) is 5.82 Å². The first-order valence-electron chi connectivity index (χ1n) is 8.42. The number of allylic oxidation sites excluding steroid dienone is 3. The van der Waals surface area contributed by atoms with Gasteiger partial charge in [0.2, 0.25) is 0 Å². The molecule has 0 amide bonds. The van der Waals surface area contributed by atoms with Crippen LogP contribution in [0.4, 0.5) is 4.39 Å². The van der Waals surface area contributed by atoms with E-state index >= 15 is 0 Å². The number of halogens is 1. The zero-order valence-electron chi connectivity index (χ0n) is 13.4. The Bertz CT molecular complexity index is 660. The summed E-state index contributed by atoms with van der Waals surface area (Å²) in [5.74, 6) is 0.857. The Kier molecular flexibility index (Phi) is 3.26. The molecule has 0 saturated heterocycles. The van der Waals surface area contributed by atoms with Gasteiger partial charge in [-0.05, 0) is 72.8 Å². The molecule has 1 saturated carbocycles. The molecule has 2 aliphatic carbocycles. The second-order valence-corrected chi connectivity index (χ2v) is 7.51. The standard InChI is InChI=1S/C20H24FN/c1-14(2)15-9-16-12-22(8-6-18(16)19(21)10-15)13-20-7-4-3-5-17(20)11-20/h3-4,9-10,17H,1,5-8,11-13H2,2H3. The molecule has 1 heterocycles. The van der Waals surface area contributed by atoms with Gasteiger partial charge in [0.15, 0.2) is 0 Å². The van der Waals surface area contributed by atoms with Crippen molar-refractivity contribution in [3.8, 4) is 0 Å². The first-order valence-corrected chi connectivity index (χ1v) is 8.42. The van der Waals surface area contributed by atoms with Crippen molar-refractivity contribution < 1.29 is 4.39 Å². The lowest BCUT2D eigenvalue weighted by molar-refractivity contribution is 0.190. The molecule has 0 radical (unpaired) electrons. The fourth-order valence-corrected chi connectivity index (χ4v) is 4.38. The van der Waals surface area contributed by atoms with Gasteiger partial charge in [-0.1, -0.05) is 24.3 Å². The van der Waals surface area contributed by atoms with Crippen LogP contribution in [-0.2, 0) is 13.0 Å². The van der Waals surface area contributed by atoms with Crippen LogP contribution in [0.1, 0.15) is 42.9 Å². The van der Waals surface area contributed by atoms with Gasteiger partial charge in [-0.3, -0.25) is 4.90 Å². The third-order valence-corrected chi connectivity index (χ3v) is 5.86. The van der Waals surface area contributed by atoms with E-state index in [2.05, 4.69) is 29.7 Å². The largest absolute Gasteiger partial charge is 0.298 e. The third kappa shape index (κ3) is 2.34. The average Bonchev–Trinajstić information content (AvgIpc) is 3.20. The first kappa shape index (κ1) is 14.2. The van der Waals surface area contributed by atoms with Crippen LogP contribution in [0.2, 0.25) is 0 Å². The van der Waals surface area contributed by atoms with Gasteiger partial charge in [0.1, 0.15) is 5.82 Å². The molecule has 4 rings (SSSR count). The van der Waals surface area contributed by atoms with Crippen molar-refractivity contribution >= 4 is 5.57 Å². The summed E-state index contributed by atoms with van der Waals surface area (Å²) in [4.78, 5) is 2.54. The molecule has 0 bridgehead atoms. The van der Waals surface area contributed by atoms with Crippen LogP contribution in [0.25, 0.3) is 5.57 Å². The second-order valence-electron chi connectivity index (χ2n) is 7.51. The van der Waals surface area contributed by atoms with Crippen molar-refractivity contribution in [1.29, 1.82) is 0 Å². The molecule has 3 aliphatic rings. The molecule has 2 atom stereocenters. The molecular formula is C20H24FN. The van der Waals surface area contributed by atoms with Crippen molar-refractivity contribution in [2.24, 2.45) is 11.3 Å². The van der Waals surface area contributed by atoms with Crippen molar-refractivity contribution in [3.63, 3.8) is 0 Å². The summed E-state index contributed by atoms with van der Waals surface area (Å²) in [7, 11) is 0. The van der Waals surface area contributed by atoms with Gasteiger partial charge >= 0.3 is 0 Å². The van der Waals surface area contributed by atoms with E-state index in [9.17, 15) is 4.39 Å². The Balaban J connectivity index is 1.54. The zero-order valence-corrected chi connectivity index (χ0v) is 13.4. The second kappa shape index (κ2) is 5.06. The number of hydrogen-bond acceptors (Lipinski definition) is 1. The summed E-state index contributed by atoms with van der Waals surface area (Å²) >= 11 is 0. The van der Waals surface area contributed by atoms with Gasteiger partial charge in [-0.15, -0.1) is 0 Å². The normalized spacial score (nSPS) is 29.8. The van der Waals surface area contributed by atoms with Crippen molar-refractivity contribution in [1.82, 2.24) is 4.90 Å². The lowest BCUT2D eigenvalue weighted by atomic mass is 9.90. The monoisotopic (exact) mass is 297 g/mol. The third-order valence-electron chi connectivity index (χ3n) is 5.86. The summed E-state index contributed by atoms with van der Waals surface area (Å²) < 4.78 is 14.3. The molecular weight excluding hydrogens is 273 g/mol. The molecule has 1 nitrogen and oxygen atoms in total. The lowest BCUT2D eigenvalue weighted by Gasteiger charge is -2.33. The van der Waals surface area contributed by atoms with Gasteiger partial charge in [0.05, 0.1) is 0 Å². The van der Waals surface area contributed by atoms with E-state index in [0.29, 0.717) is 5.41 Å². The minimum atomic E-state index is -0.0433. The molecule has 1 aromatic rings. The molecule has 2 heteroatoms. The molecule has 22 heavy (non-hydrogen) atoms. The molecule has 0 spiro atoms. The fourth-order valence-electron chi connectivity index (χ4n) is 4.38. The van der Waals surface area contributed by atoms with E-state index in [4.69, 9.17) is 0 Å². The van der Waals surface area contributed by atoms with E-state index in [1.807, 2.05) is 6.92 Å². The average molecular weight is 297 g/mol. The topological polar surface area (TPSA) is 3.24 Å². The van der Waals surface area contributed by atoms with Crippen LogP contribution < -0.4 is 0 Å². The first-order chi connectivity index (χ1) is 10.6. The fraction of sp³-hybridized carbons (Fsp3) is 0.500. The number of fused-ring (bicyclic) bond motifs is 2. The maximum absolute atomic E-state index is 14.3. The minimum absolute atomic E-state index is 0.0433. The minimum Gasteiger partial charge on any atom is -0.298 e. The molecule has 1 aromatic carbocycles. The molecule has 1 fully saturated rings. The summed E-state index contributed by atoms with van der Waals surface area (Å²) in [5.41, 5.74) is 4.52. The Morgan fingerprint density at radius 1 is 1.41 bits per heavy atom. The van der Waals surface area contributed by atoms with Gasteiger partial charge in [0.25, 0.3) is 0 Å². The van der Waals surface area contributed by atoms with E-state index < -0.39 is 0 Å². The maximum Gasteiger partial charge on any atom is 0.127 e. The highest BCUT2D eigenvalue weighted by atomic mass is 19.1. The highest BCUT2D eigenvalue weighted by Gasteiger charge is 2.54. The molecule has 1 aliphatic heterocycles. The van der Waals surface area contributed by atoms with Crippen LogP contribution >= 0.6 is 0 Å². The Morgan fingerprint density at radius 2 is 2.27 bits per heavy atom. The van der Waals surface area contributed by atoms with Crippen LogP contribution in [-0.4, -0.2) is 18.0 Å². The van der Waals surface area contributed by atoms with E-state index in [0.717, 1.165) is 42.1 Å². The number of hydrogen-bond donors (Lipinski definition) is 0. The predicted molar refractivity (Wildman–Crippen MR) is 89.0 cm³/mol. The number of rotatable bonds is 3. The van der Waals surface area contributed by atoms with E-state index in [1.165, 1.54) is 31.4 Å². The molecule has 2 unspecified atom stereocenters. The molecule has 0 aromatic heterocycles. The summed E-state index contributed by atoms with van der Waals surface area (Å²) in [5, 5.41) is 0. The summed E-state index contributed by atoms with van der Waals surface area (Å²) in [6, 6.07) is 3.80. The maximum atomic E-state index is 14.3. The number of benzene rings is 1. The quantitative estimate of drug-likeness (QED) is 0.739. The Hall–Kier alpha value is -1.41. The van der Waals surface area contributed by atoms with Crippen LogP contribution in [0.5, 0.6) is 0 Å². The molecule has 116 valence electrons. The zero-order chi connectivity index (χ0) is 15.3. The van der Waals surface area contributed by atoms with Crippen molar-refractivity contribution in [2.45, 2.75) is 39.2 Å². The lowest BCUT2D eigenvalue weighted by Crippen LogP contribution is -2.36. The van der Waals surface area contributed by atoms with Crippen LogP contribution in [0.3, 0.4) is 0 Å². The number of nitrogens with zero attached hydrogens (tertiary/aromatic N) is 1. The van der Waals surface area contributed by atoms with Crippen LogP contribution in [0, 0.1) is 17.2 Å². The van der Waals surface area contributed by atoms with Crippen molar-refractivity contribution in [3.05, 3.63) is 53.4 Å². The predicted octanol–water partition coefficient (Wildman–Crippen LogP) is 4.57. The van der Waals surface area contributed by atoms with Crippen LogP contribution in [0.15, 0.2) is 30.9 Å². The summed E-state index contributed by atoms with van der Waals surface area (Å²) in [6.45, 7) is 8.98. The van der Waals surface area contributed by atoms with Gasteiger partial charge < -0.3 is 0 Å². The molecule has 0 N–H and O–H groups in total.